The summed E-state index contributed by atoms with van der Waals surface area (Å²) >= 11 is 8.99. The third-order valence-electron chi connectivity index (χ3n) is 4.53. The smallest absolute Gasteiger partial charge is 0.259 e. The number of halogens is 1. The van der Waals surface area contributed by atoms with Crippen molar-refractivity contribution in [2.24, 2.45) is 5.92 Å². The number of aromatic nitrogens is 2. The third-order valence-corrected chi connectivity index (χ3v) is 8.68. The molecule has 1 aliphatic heterocycles. The summed E-state index contributed by atoms with van der Waals surface area (Å²) in [4.78, 5) is 12.8. The third kappa shape index (κ3) is 5.49. The zero-order chi connectivity index (χ0) is 21.2. The molecular formula is C18H23ClN4O3S3. The number of benzene rings is 1. The molecule has 2 heterocycles. The fraction of sp³-hybridized carbons (Fsp3) is 0.500. The Bertz CT molecular complexity index is 986. The summed E-state index contributed by atoms with van der Waals surface area (Å²) in [7, 11) is -3.67. The highest BCUT2D eigenvalue weighted by Gasteiger charge is 2.29. The SMILES string of the molecule is CC1CCN(S(=O)(=O)c2ccc(Cl)c(C(=O)Nc3nnc(SC(C)C)s3)c2)CC1. The van der Waals surface area contributed by atoms with Crippen LogP contribution in [0, 0.1) is 5.92 Å². The normalized spacial score (nSPS) is 16.3. The lowest BCUT2D eigenvalue weighted by Crippen LogP contribution is -2.37. The molecule has 2 aromatic rings. The molecule has 3 rings (SSSR count). The molecule has 1 aromatic heterocycles. The van der Waals surface area contributed by atoms with Gasteiger partial charge in [-0.25, -0.2) is 8.42 Å². The van der Waals surface area contributed by atoms with Crippen molar-refractivity contribution in [3.63, 3.8) is 0 Å². The van der Waals surface area contributed by atoms with Gasteiger partial charge in [-0.1, -0.05) is 55.5 Å². The maximum atomic E-state index is 13.0. The lowest BCUT2D eigenvalue weighted by atomic mass is 10.0. The first-order valence-corrected chi connectivity index (χ1v) is 12.8. The van der Waals surface area contributed by atoms with Crippen LogP contribution in [-0.2, 0) is 10.0 Å². The number of thioether (sulfide) groups is 1. The van der Waals surface area contributed by atoms with E-state index in [9.17, 15) is 13.2 Å². The molecule has 0 radical (unpaired) electrons. The van der Waals surface area contributed by atoms with Crippen LogP contribution in [0.2, 0.25) is 5.02 Å². The minimum absolute atomic E-state index is 0.0647. The number of sulfonamides is 1. The number of nitrogens with zero attached hydrogens (tertiary/aromatic N) is 3. The van der Waals surface area contributed by atoms with Crippen molar-refractivity contribution >= 4 is 55.8 Å². The molecule has 0 atom stereocenters. The first kappa shape index (κ1) is 22.5. The van der Waals surface area contributed by atoms with Crippen LogP contribution in [0.3, 0.4) is 0 Å². The Labute approximate surface area is 184 Å². The maximum absolute atomic E-state index is 13.0. The van der Waals surface area contributed by atoms with Gasteiger partial charge in [0.15, 0.2) is 4.34 Å². The van der Waals surface area contributed by atoms with Gasteiger partial charge in [0.25, 0.3) is 5.91 Å². The molecule has 0 saturated carbocycles. The molecule has 11 heteroatoms. The van der Waals surface area contributed by atoms with E-state index in [1.807, 2.05) is 13.8 Å². The van der Waals surface area contributed by atoms with Gasteiger partial charge in [-0.2, -0.15) is 4.31 Å². The predicted molar refractivity (Wildman–Crippen MR) is 117 cm³/mol. The van der Waals surface area contributed by atoms with E-state index in [1.165, 1.54) is 33.8 Å². The quantitative estimate of drug-likeness (QED) is 0.493. The van der Waals surface area contributed by atoms with Gasteiger partial charge in [-0.15, -0.1) is 10.2 Å². The Morgan fingerprint density at radius 1 is 1.31 bits per heavy atom. The number of hydrogen-bond acceptors (Lipinski definition) is 7. The van der Waals surface area contributed by atoms with Crippen molar-refractivity contribution < 1.29 is 13.2 Å². The first-order chi connectivity index (χ1) is 13.7. The standard InChI is InChI=1S/C18H23ClN4O3S3/c1-11(2)27-18-22-21-17(28-18)20-16(24)14-10-13(4-5-15(14)19)29(25,26)23-8-6-12(3)7-9-23/h4-5,10-12H,6-9H2,1-3H3,(H,20,21,24). The average molecular weight is 475 g/mol. The number of carbonyl (C=O) groups excluding carboxylic acids is 1. The molecule has 0 bridgehead atoms. The van der Waals surface area contributed by atoms with Gasteiger partial charge < -0.3 is 0 Å². The summed E-state index contributed by atoms with van der Waals surface area (Å²) in [5.74, 6) is -0.00442. The van der Waals surface area contributed by atoms with Crippen molar-refractivity contribution in [1.82, 2.24) is 14.5 Å². The Morgan fingerprint density at radius 3 is 2.66 bits per heavy atom. The average Bonchev–Trinajstić information content (AvgIpc) is 3.08. The number of nitrogens with one attached hydrogen (secondary N) is 1. The van der Waals surface area contributed by atoms with Gasteiger partial charge in [-0.05, 0) is 37.0 Å². The Balaban J connectivity index is 1.79. The largest absolute Gasteiger partial charge is 0.296 e. The lowest BCUT2D eigenvalue weighted by Gasteiger charge is -2.29. The second kappa shape index (κ2) is 9.30. The van der Waals surface area contributed by atoms with Crippen molar-refractivity contribution in [2.45, 2.75) is 48.1 Å². The molecule has 1 amide bonds. The van der Waals surface area contributed by atoms with E-state index in [4.69, 9.17) is 11.6 Å². The van der Waals surface area contributed by atoms with Crippen molar-refractivity contribution in [3.8, 4) is 0 Å². The van der Waals surface area contributed by atoms with E-state index < -0.39 is 15.9 Å². The molecule has 1 saturated heterocycles. The van der Waals surface area contributed by atoms with E-state index in [0.717, 1.165) is 17.2 Å². The zero-order valence-electron chi connectivity index (χ0n) is 16.4. The molecule has 0 spiro atoms. The van der Waals surface area contributed by atoms with Gasteiger partial charge in [0.2, 0.25) is 15.2 Å². The number of rotatable bonds is 6. The summed E-state index contributed by atoms with van der Waals surface area (Å²) < 4.78 is 28.2. The Hall–Kier alpha value is -1.20. The summed E-state index contributed by atoms with van der Waals surface area (Å²) in [5, 5.41) is 11.5. The van der Waals surface area contributed by atoms with Gasteiger partial charge in [-0.3, -0.25) is 10.1 Å². The van der Waals surface area contributed by atoms with Gasteiger partial charge in [0, 0.05) is 18.3 Å². The summed E-state index contributed by atoms with van der Waals surface area (Å²) in [6.45, 7) is 7.16. The fourth-order valence-electron chi connectivity index (χ4n) is 2.89. The molecule has 1 fully saturated rings. The van der Waals surface area contributed by atoms with Crippen molar-refractivity contribution in [2.75, 3.05) is 18.4 Å². The minimum atomic E-state index is -3.67. The van der Waals surface area contributed by atoms with E-state index in [2.05, 4.69) is 22.4 Å². The summed E-state index contributed by atoms with van der Waals surface area (Å²) in [6, 6.07) is 4.21. The van der Waals surface area contributed by atoms with Gasteiger partial charge in [0.1, 0.15) is 0 Å². The maximum Gasteiger partial charge on any atom is 0.259 e. The lowest BCUT2D eigenvalue weighted by molar-refractivity contribution is 0.102. The highest BCUT2D eigenvalue weighted by molar-refractivity contribution is 8.01. The second-order valence-corrected chi connectivity index (χ2v) is 12.4. The predicted octanol–water partition coefficient (Wildman–Crippen LogP) is 4.36. The van der Waals surface area contributed by atoms with Crippen LogP contribution < -0.4 is 5.32 Å². The van der Waals surface area contributed by atoms with Gasteiger partial charge >= 0.3 is 0 Å². The molecular weight excluding hydrogens is 452 g/mol. The molecule has 29 heavy (non-hydrogen) atoms. The second-order valence-electron chi connectivity index (χ2n) is 7.22. The first-order valence-electron chi connectivity index (χ1n) is 9.28. The topological polar surface area (TPSA) is 92.3 Å². The van der Waals surface area contributed by atoms with Crippen LogP contribution in [0.1, 0.15) is 44.0 Å². The van der Waals surface area contributed by atoms with E-state index in [1.54, 1.807) is 11.8 Å². The fourth-order valence-corrected chi connectivity index (χ4v) is 6.56. The van der Waals surface area contributed by atoms with Crippen LogP contribution >= 0.6 is 34.7 Å². The van der Waals surface area contributed by atoms with Crippen LogP contribution in [0.4, 0.5) is 5.13 Å². The number of amides is 1. The number of piperidine rings is 1. The Kier molecular flexibility index (Phi) is 7.21. The van der Waals surface area contributed by atoms with Crippen molar-refractivity contribution in [3.05, 3.63) is 28.8 Å². The summed E-state index contributed by atoms with van der Waals surface area (Å²) in [5.41, 5.74) is 0.0892. The van der Waals surface area contributed by atoms with Crippen LogP contribution in [0.5, 0.6) is 0 Å². The monoisotopic (exact) mass is 474 g/mol. The highest BCUT2D eigenvalue weighted by Crippen LogP contribution is 2.30. The molecule has 0 unspecified atom stereocenters. The van der Waals surface area contributed by atoms with E-state index >= 15 is 0 Å². The van der Waals surface area contributed by atoms with Crippen LogP contribution in [0.15, 0.2) is 27.4 Å². The Morgan fingerprint density at radius 2 is 2.00 bits per heavy atom. The number of hydrogen-bond donors (Lipinski definition) is 1. The summed E-state index contributed by atoms with van der Waals surface area (Å²) in [6.07, 6.45) is 1.65. The molecule has 1 aromatic carbocycles. The number of anilines is 1. The zero-order valence-corrected chi connectivity index (χ0v) is 19.6. The van der Waals surface area contributed by atoms with E-state index in [-0.39, 0.29) is 15.5 Å². The van der Waals surface area contributed by atoms with Crippen LogP contribution in [0.25, 0.3) is 0 Å². The van der Waals surface area contributed by atoms with Gasteiger partial charge in [0.05, 0.1) is 15.5 Å². The molecule has 0 aliphatic carbocycles. The van der Waals surface area contributed by atoms with E-state index in [0.29, 0.717) is 29.4 Å². The van der Waals surface area contributed by atoms with Crippen molar-refractivity contribution in [1.29, 1.82) is 0 Å². The van der Waals surface area contributed by atoms with Crippen LogP contribution in [-0.4, -0.2) is 47.2 Å². The minimum Gasteiger partial charge on any atom is -0.296 e. The molecule has 158 valence electrons. The highest BCUT2D eigenvalue weighted by atomic mass is 35.5. The molecule has 1 N–H and O–H groups in total. The molecule has 7 nitrogen and oxygen atoms in total. The molecule has 1 aliphatic rings. The number of carbonyl (C=O) groups is 1.